The first-order valence-electron chi connectivity index (χ1n) is 8.46. The molecular weight excluding hydrogens is 384 g/mol. The monoisotopic (exact) mass is 398 g/mol. The first-order chi connectivity index (χ1) is 14.4. The summed E-state index contributed by atoms with van der Waals surface area (Å²) in [7, 11) is 1.44. The largest absolute Gasteiger partial charge is 0.493 e. The van der Waals surface area contributed by atoms with Crippen LogP contribution >= 0.6 is 0 Å². The highest BCUT2D eigenvalue weighted by Crippen LogP contribution is 2.53. The lowest BCUT2D eigenvalue weighted by Crippen LogP contribution is -2.26. The topological polar surface area (TPSA) is 205 Å². The predicted molar refractivity (Wildman–Crippen MR) is 104 cm³/mol. The van der Waals surface area contributed by atoms with Crippen molar-refractivity contribution in [2.24, 2.45) is 11.7 Å². The smallest absolute Gasteiger partial charge is 0.227 e. The van der Waals surface area contributed by atoms with E-state index in [0.717, 1.165) is 0 Å². The number of allylic oxidation sites excluding steroid dienone is 2. The number of fused-ring (bicyclic) bond motifs is 2. The maximum absolute atomic E-state index is 9.93. The number of ether oxygens (including phenoxy) is 2. The summed E-state index contributed by atoms with van der Waals surface area (Å²) in [5.74, 6) is -1.64. The second kappa shape index (κ2) is 7.59. The molecule has 2 unspecified atom stereocenters. The maximum atomic E-state index is 9.93. The molecule has 0 bridgehead atoms. The van der Waals surface area contributed by atoms with Crippen molar-refractivity contribution in [1.82, 2.24) is 4.98 Å². The number of anilines is 2. The number of nitrogens with two attached hydrogens (primary N) is 3. The fourth-order valence-corrected chi connectivity index (χ4v) is 3.39. The van der Waals surface area contributed by atoms with Gasteiger partial charge in [0.1, 0.15) is 35.2 Å². The third kappa shape index (κ3) is 2.82. The number of pyridine rings is 1. The van der Waals surface area contributed by atoms with Gasteiger partial charge in [-0.1, -0.05) is 12.1 Å². The molecule has 1 aromatic carbocycles. The summed E-state index contributed by atoms with van der Waals surface area (Å²) in [6, 6.07) is 12.3. The first-order valence-corrected chi connectivity index (χ1v) is 8.46. The third-order valence-corrected chi connectivity index (χ3v) is 4.77. The summed E-state index contributed by atoms with van der Waals surface area (Å²) in [5, 5.41) is 37.8. The first kappa shape index (κ1) is 19.8. The van der Waals surface area contributed by atoms with Gasteiger partial charge in [0, 0.05) is 17.0 Å². The Labute approximate surface area is 171 Å². The molecule has 2 heterocycles. The van der Waals surface area contributed by atoms with Crippen molar-refractivity contribution >= 4 is 11.5 Å². The number of methoxy groups -OCH3 is 1. The standard InChI is InChI=1S/C20H14N8O2/c1-29-13-4-2-3-10-14(11(7-23)16(25)9(5-21)6-22)15-17(26)12(8-24)19(27)28-20(15)30-18(10)13/h2-4,11,14H,25H2,1H3,(H4,26,27,28). The van der Waals surface area contributed by atoms with E-state index in [4.69, 9.17) is 26.7 Å². The molecule has 2 atom stereocenters. The van der Waals surface area contributed by atoms with Crippen LogP contribution in [0, 0.1) is 51.2 Å². The fourth-order valence-electron chi connectivity index (χ4n) is 3.39. The molecule has 30 heavy (non-hydrogen) atoms. The molecule has 1 aliphatic rings. The number of nitrogen functional groups attached to an aromatic ring is 2. The average Bonchev–Trinajstić information content (AvgIpc) is 2.74. The number of hydrogen-bond donors (Lipinski definition) is 3. The molecule has 0 saturated heterocycles. The summed E-state index contributed by atoms with van der Waals surface area (Å²) >= 11 is 0. The third-order valence-electron chi connectivity index (χ3n) is 4.77. The summed E-state index contributed by atoms with van der Waals surface area (Å²) in [6.45, 7) is 0. The molecule has 0 amide bonds. The van der Waals surface area contributed by atoms with E-state index >= 15 is 0 Å². The minimum atomic E-state index is -1.19. The van der Waals surface area contributed by atoms with Crippen LogP contribution in [0.15, 0.2) is 29.5 Å². The van der Waals surface area contributed by atoms with Crippen LogP contribution in [0.25, 0.3) is 0 Å². The second-order valence-corrected chi connectivity index (χ2v) is 6.24. The van der Waals surface area contributed by atoms with Crippen molar-refractivity contribution in [2.75, 3.05) is 18.6 Å². The van der Waals surface area contributed by atoms with Crippen LogP contribution < -0.4 is 26.7 Å². The van der Waals surface area contributed by atoms with Gasteiger partial charge in [-0.15, -0.1) is 0 Å². The molecule has 0 aliphatic carbocycles. The highest BCUT2D eigenvalue weighted by atomic mass is 16.5. The lowest BCUT2D eigenvalue weighted by Gasteiger charge is -2.32. The van der Waals surface area contributed by atoms with E-state index < -0.39 is 17.4 Å². The molecule has 3 rings (SSSR count). The Morgan fingerprint density at radius 3 is 2.47 bits per heavy atom. The van der Waals surface area contributed by atoms with Crippen LogP contribution in [0.1, 0.15) is 22.6 Å². The summed E-state index contributed by atoms with van der Waals surface area (Å²) < 4.78 is 11.2. The van der Waals surface area contributed by atoms with E-state index in [2.05, 4.69) is 4.98 Å². The van der Waals surface area contributed by atoms with Gasteiger partial charge in [0.05, 0.1) is 30.5 Å². The van der Waals surface area contributed by atoms with Crippen molar-refractivity contribution < 1.29 is 9.47 Å². The number of benzene rings is 1. The van der Waals surface area contributed by atoms with Gasteiger partial charge in [-0.05, 0) is 6.07 Å². The second-order valence-electron chi connectivity index (χ2n) is 6.24. The quantitative estimate of drug-likeness (QED) is 0.638. The Hall–Kier alpha value is -4.93. The van der Waals surface area contributed by atoms with Crippen LogP contribution in [-0.4, -0.2) is 12.1 Å². The zero-order chi connectivity index (χ0) is 22.0. The highest BCUT2D eigenvalue weighted by Gasteiger charge is 2.40. The molecule has 0 fully saturated rings. The van der Waals surface area contributed by atoms with Gasteiger partial charge in [-0.2, -0.15) is 26.0 Å². The molecule has 0 spiro atoms. The lowest BCUT2D eigenvalue weighted by atomic mass is 9.76. The van der Waals surface area contributed by atoms with Crippen molar-refractivity contribution in [3.63, 3.8) is 0 Å². The number of nitriles is 4. The molecule has 146 valence electrons. The normalized spacial score (nSPS) is 14.2. The van der Waals surface area contributed by atoms with Gasteiger partial charge in [-0.25, -0.2) is 0 Å². The van der Waals surface area contributed by atoms with E-state index in [1.165, 1.54) is 7.11 Å². The fraction of sp³-hybridized carbons (Fsp3) is 0.150. The Kier molecular flexibility index (Phi) is 5.02. The Bertz CT molecular complexity index is 1240. The van der Waals surface area contributed by atoms with Gasteiger partial charge in [0.15, 0.2) is 11.5 Å². The van der Waals surface area contributed by atoms with Crippen LogP contribution in [0.5, 0.6) is 17.4 Å². The number of nitrogens with zero attached hydrogens (tertiary/aromatic N) is 5. The van der Waals surface area contributed by atoms with Gasteiger partial charge < -0.3 is 26.7 Å². The van der Waals surface area contributed by atoms with Gasteiger partial charge >= 0.3 is 0 Å². The molecule has 10 heteroatoms. The van der Waals surface area contributed by atoms with Crippen molar-refractivity contribution in [2.45, 2.75) is 5.92 Å². The zero-order valence-corrected chi connectivity index (χ0v) is 15.7. The molecule has 6 N–H and O–H groups in total. The van der Waals surface area contributed by atoms with Gasteiger partial charge in [0.25, 0.3) is 0 Å². The zero-order valence-electron chi connectivity index (χ0n) is 15.7. The maximum Gasteiger partial charge on any atom is 0.227 e. The average molecular weight is 398 g/mol. The highest BCUT2D eigenvalue weighted by molar-refractivity contribution is 5.75. The van der Waals surface area contributed by atoms with E-state index in [1.807, 2.05) is 12.1 Å². The van der Waals surface area contributed by atoms with Crippen molar-refractivity contribution in [3.05, 3.63) is 46.2 Å². The Morgan fingerprint density at radius 1 is 1.20 bits per heavy atom. The van der Waals surface area contributed by atoms with Crippen LogP contribution in [-0.2, 0) is 0 Å². The van der Waals surface area contributed by atoms with E-state index in [9.17, 15) is 21.0 Å². The van der Waals surface area contributed by atoms with E-state index in [1.54, 1.807) is 30.3 Å². The number of aromatic nitrogens is 1. The minimum Gasteiger partial charge on any atom is -0.493 e. The molecule has 0 radical (unpaired) electrons. The van der Waals surface area contributed by atoms with Gasteiger partial charge in [-0.3, -0.25) is 0 Å². The van der Waals surface area contributed by atoms with Gasteiger partial charge in [0.2, 0.25) is 5.88 Å². The molecule has 10 nitrogen and oxygen atoms in total. The molecule has 0 saturated carbocycles. The van der Waals surface area contributed by atoms with Crippen LogP contribution in [0.4, 0.5) is 11.5 Å². The summed E-state index contributed by atoms with van der Waals surface area (Å²) in [4.78, 5) is 4.13. The lowest BCUT2D eigenvalue weighted by molar-refractivity contribution is 0.357. The van der Waals surface area contributed by atoms with Crippen molar-refractivity contribution in [1.29, 1.82) is 21.0 Å². The number of hydrogen-bond acceptors (Lipinski definition) is 10. The van der Waals surface area contributed by atoms with Crippen LogP contribution in [0.2, 0.25) is 0 Å². The van der Waals surface area contributed by atoms with E-state index in [0.29, 0.717) is 11.3 Å². The number of para-hydroxylation sites is 1. The van der Waals surface area contributed by atoms with Crippen LogP contribution in [0.3, 0.4) is 0 Å². The Balaban J connectivity index is 2.43. The minimum absolute atomic E-state index is 0.0190. The van der Waals surface area contributed by atoms with E-state index in [-0.39, 0.29) is 40.0 Å². The molecule has 1 aliphatic heterocycles. The van der Waals surface area contributed by atoms with Crippen molar-refractivity contribution in [3.8, 4) is 41.7 Å². The molecular formula is C20H14N8O2. The summed E-state index contributed by atoms with van der Waals surface area (Å²) in [5.41, 5.74) is 18.1. The molecule has 2 aromatic rings. The predicted octanol–water partition coefficient (Wildman–Crippen LogP) is 1.76. The molecule has 1 aromatic heterocycles. The number of rotatable bonds is 3. The SMILES string of the molecule is COc1cccc2c1Oc1nc(N)c(C#N)c(N)c1C2C(C#N)C(N)=C(C#N)C#N. The Morgan fingerprint density at radius 2 is 1.90 bits per heavy atom. The summed E-state index contributed by atoms with van der Waals surface area (Å²) in [6.07, 6.45) is 0.